The summed E-state index contributed by atoms with van der Waals surface area (Å²) in [5, 5.41) is 3.54. The zero-order valence-electron chi connectivity index (χ0n) is 8.97. The van der Waals surface area contributed by atoms with Crippen LogP contribution in [0.3, 0.4) is 0 Å². The fraction of sp³-hybridized carbons (Fsp3) is 1.00. The second-order valence-corrected chi connectivity index (χ2v) is 5.25. The summed E-state index contributed by atoms with van der Waals surface area (Å²) >= 11 is 0. The Kier molecular flexibility index (Phi) is 2.61. The summed E-state index contributed by atoms with van der Waals surface area (Å²) in [4.78, 5) is 2.65. The topological polar surface area (TPSA) is 15.3 Å². The van der Waals surface area contributed by atoms with E-state index in [-0.39, 0.29) is 0 Å². The molecule has 0 radical (unpaired) electrons. The minimum absolute atomic E-state index is 0.685. The van der Waals surface area contributed by atoms with E-state index in [1.54, 1.807) is 0 Å². The number of hydrogen-bond acceptors (Lipinski definition) is 2. The van der Waals surface area contributed by atoms with E-state index in [9.17, 15) is 0 Å². The molecule has 0 bridgehead atoms. The summed E-state index contributed by atoms with van der Waals surface area (Å²) in [6, 6.07) is 0.685. The van der Waals surface area contributed by atoms with Crippen molar-refractivity contribution in [3.05, 3.63) is 0 Å². The Labute approximate surface area is 81.7 Å². The van der Waals surface area contributed by atoms with Crippen LogP contribution >= 0.6 is 0 Å². The normalized spacial score (nSPS) is 34.2. The number of nitrogens with zero attached hydrogens (tertiary/aromatic N) is 1. The second-order valence-electron chi connectivity index (χ2n) is 5.25. The van der Waals surface area contributed by atoms with Crippen LogP contribution in [0.5, 0.6) is 0 Å². The van der Waals surface area contributed by atoms with Gasteiger partial charge in [0.1, 0.15) is 0 Å². The summed E-state index contributed by atoms with van der Waals surface area (Å²) in [5.74, 6) is 0. The van der Waals surface area contributed by atoms with Crippen molar-refractivity contribution in [1.82, 2.24) is 10.2 Å². The van der Waals surface area contributed by atoms with Gasteiger partial charge in [0, 0.05) is 19.1 Å². The molecule has 0 aromatic heterocycles. The van der Waals surface area contributed by atoms with Gasteiger partial charge in [-0.1, -0.05) is 6.92 Å². The highest BCUT2D eigenvalue weighted by Gasteiger charge is 2.38. The minimum atomic E-state index is 0.685. The third kappa shape index (κ3) is 2.68. The zero-order valence-corrected chi connectivity index (χ0v) is 8.97. The molecule has 76 valence electrons. The lowest BCUT2D eigenvalue weighted by molar-refractivity contribution is 0.227. The van der Waals surface area contributed by atoms with E-state index in [1.807, 2.05) is 0 Å². The third-order valence-corrected chi connectivity index (χ3v) is 3.38. The van der Waals surface area contributed by atoms with Crippen LogP contribution in [0.1, 0.15) is 33.1 Å². The van der Waals surface area contributed by atoms with Gasteiger partial charge in [0.25, 0.3) is 0 Å². The van der Waals surface area contributed by atoms with Crippen LogP contribution in [0.15, 0.2) is 0 Å². The molecule has 1 aliphatic heterocycles. The number of rotatable bonds is 2. The van der Waals surface area contributed by atoms with E-state index in [2.05, 4.69) is 24.1 Å². The Balaban J connectivity index is 1.82. The molecule has 1 heterocycles. The van der Waals surface area contributed by atoms with Crippen molar-refractivity contribution >= 4 is 0 Å². The summed E-state index contributed by atoms with van der Waals surface area (Å²) in [7, 11) is 0. The molecule has 2 nitrogen and oxygen atoms in total. The Morgan fingerprint density at radius 1 is 1.46 bits per heavy atom. The van der Waals surface area contributed by atoms with Crippen molar-refractivity contribution in [2.75, 3.05) is 26.2 Å². The Bertz CT molecular complexity index is 175. The lowest BCUT2D eigenvalue weighted by Gasteiger charge is -2.25. The molecule has 0 aromatic rings. The molecular weight excluding hydrogens is 160 g/mol. The smallest absolute Gasteiger partial charge is 0.0166 e. The molecular formula is C11H22N2. The molecule has 2 heteroatoms. The van der Waals surface area contributed by atoms with Gasteiger partial charge in [-0.25, -0.2) is 0 Å². The van der Waals surface area contributed by atoms with Gasteiger partial charge >= 0.3 is 0 Å². The average Bonchev–Trinajstić information content (AvgIpc) is 2.79. The highest BCUT2D eigenvalue weighted by Crippen LogP contribution is 2.45. The monoisotopic (exact) mass is 182 g/mol. The summed E-state index contributed by atoms with van der Waals surface area (Å²) < 4.78 is 0. The fourth-order valence-corrected chi connectivity index (χ4v) is 2.25. The molecule has 1 N–H and O–H groups in total. The lowest BCUT2D eigenvalue weighted by atomic mass is 10.1. The first-order valence-electron chi connectivity index (χ1n) is 5.64. The van der Waals surface area contributed by atoms with Crippen molar-refractivity contribution in [3.63, 3.8) is 0 Å². The third-order valence-electron chi connectivity index (χ3n) is 3.38. The van der Waals surface area contributed by atoms with E-state index < -0.39 is 0 Å². The predicted molar refractivity (Wildman–Crippen MR) is 55.9 cm³/mol. The van der Waals surface area contributed by atoms with Crippen molar-refractivity contribution < 1.29 is 0 Å². The van der Waals surface area contributed by atoms with Crippen LogP contribution in [-0.2, 0) is 0 Å². The standard InChI is InChI=1S/C11H22N2/c1-10-8-13(7-3-6-12-10)9-11(2)4-5-11/h10,12H,3-9H2,1-2H3. The zero-order chi connectivity index (χ0) is 9.31. The lowest BCUT2D eigenvalue weighted by Crippen LogP contribution is -2.37. The van der Waals surface area contributed by atoms with Crippen LogP contribution in [0.25, 0.3) is 0 Å². The molecule has 1 aliphatic carbocycles. The molecule has 1 unspecified atom stereocenters. The molecule has 2 rings (SSSR count). The largest absolute Gasteiger partial charge is 0.313 e. The highest BCUT2D eigenvalue weighted by molar-refractivity contribution is 4.92. The predicted octanol–water partition coefficient (Wildman–Crippen LogP) is 1.47. The van der Waals surface area contributed by atoms with Crippen LogP contribution in [0.2, 0.25) is 0 Å². The van der Waals surface area contributed by atoms with Crippen molar-refractivity contribution in [3.8, 4) is 0 Å². The molecule has 2 aliphatic rings. The summed E-state index contributed by atoms with van der Waals surface area (Å²) in [6.45, 7) is 9.81. The SMILES string of the molecule is CC1CN(CC2(C)CC2)CCCN1. The van der Waals surface area contributed by atoms with Crippen molar-refractivity contribution in [2.24, 2.45) is 5.41 Å². The number of nitrogens with one attached hydrogen (secondary N) is 1. The Morgan fingerprint density at radius 3 is 2.92 bits per heavy atom. The van der Waals surface area contributed by atoms with Gasteiger partial charge in [-0.05, 0) is 44.7 Å². The minimum Gasteiger partial charge on any atom is -0.313 e. The molecule has 2 fully saturated rings. The van der Waals surface area contributed by atoms with Gasteiger partial charge in [-0.3, -0.25) is 0 Å². The molecule has 1 saturated carbocycles. The van der Waals surface area contributed by atoms with Crippen molar-refractivity contribution in [1.29, 1.82) is 0 Å². The van der Waals surface area contributed by atoms with E-state index in [0.29, 0.717) is 11.5 Å². The molecule has 0 spiro atoms. The first-order chi connectivity index (χ1) is 6.18. The highest BCUT2D eigenvalue weighted by atomic mass is 15.2. The van der Waals surface area contributed by atoms with Crippen LogP contribution in [0.4, 0.5) is 0 Å². The van der Waals surface area contributed by atoms with Gasteiger partial charge in [-0.2, -0.15) is 0 Å². The quantitative estimate of drug-likeness (QED) is 0.695. The molecule has 13 heavy (non-hydrogen) atoms. The van der Waals surface area contributed by atoms with Gasteiger partial charge in [-0.15, -0.1) is 0 Å². The van der Waals surface area contributed by atoms with Gasteiger partial charge in [0.15, 0.2) is 0 Å². The summed E-state index contributed by atoms with van der Waals surface area (Å²) in [5.41, 5.74) is 0.685. The van der Waals surface area contributed by atoms with Crippen LogP contribution < -0.4 is 5.32 Å². The van der Waals surface area contributed by atoms with Gasteiger partial charge < -0.3 is 10.2 Å². The maximum Gasteiger partial charge on any atom is 0.0166 e. The first kappa shape index (κ1) is 9.47. The number of hydrogen-bond donors (Lipinski definition) is 1. The maximum atomic E-state index is 3.54. The molecule has 1 saturated heterocycles. The van der Waals surface area contributed by atoms with Crippen molar-refractivity contribution in [2.45, 2.75) is 39.2 Å². The van der Waals surface area contributed by atoms with Gasteiger partial charge in [0.05, 0.1) is 0 Å². The second kappa shape index (κ2) is 3.58. The van der Waals surface area contributed by atoms with Crippen LogP contribution in [-0.4, -0.2) is 37.1 Å². The summed E-state index contributed by atoms with van der Waals surface area (Å²) in [6.07, 6.45) is 4.22. The Morgan fingerprint density at radius 2 is 2.23 bits per heavy atom. The van der Waals surface area contributed by atoms with Gasteiger partial charge in [0.2, 0.25) is 0 Å². The maximum absolute atomic E-state index is 3.54. The van der Waals surface area contributed by atoms with E-state index in [1.165, 1.54) is 45.4 Å². The molecule has 0 amide bonds. The Hall–Kier alpha value is -0.0800. The average molecular weight is 182 g/mol. The molecule has 0 aromatic carbocycles. The van der Waals surface area contributed by atoms with E-state index >= 15 is 0 Å². The molecule has 1 atom stereocenters. The fourth-order valence-electron chi connectivity index (χ4n) is 2.25. The van der Waals surface area contributed by atoms with E-state index in [4.69, 9.17) is 0 Å². The first-order valence-corrected chi connectivity index (χ1v) is 5.64. The van der Waals surface area contributed by atoms with Crippen LogP contribution in [0, 0.1) is 5.41 Å². The van der Waals surface area contributed by atoms with E-state index in [0.717, 1.165) is 0 Å².